The maximum atomic E-state index is 12.0. The van der Waals surface area contributed by atoms with Crippen LogP contribution < -0.4 is 10.0 Å². The first-order valence-electron chi connectivity index (χ1n) is 6.20. The molecule has 0 saturated carbocycles. The molecule has 0 aromatic rings. The van der Waals surface area contributed by atoms with Gasteiger partial charge in [-0.25, -0.2) is 0 Å². The molecular formula is C10H20F3N3O2S. The molecule has 0 aromatic carbocycles. The summed E-state index contributed by atoms with van der Waals surface area (Å²) in [7, 11) is -4.05. The molecule has 1 aliphatic heterocycles. The molecule has 1 fully saturated rings. The molecule has 1 aliphatic rings. The SMILES string of the molecule is CCNC1CCN(S(=O)(=O)NCC(F)(F)F)CC1C. The highest BCUT2D eigenvalue weighted by molar-refractivity contribution is 7.87. The molecule has 1 heterocycles. The quantitative estimate of drug-likeness (QED) is 0.786. The van der Waals surface area contributed by atoms with Gasteiger partial charge >= 0.3 is 6.18 Å². The topological polar surface area (TPSA) is 61.4 Å². The third kappa shape index (κ3) is 5.25. The van der Waals surface area contributed by atoms with E-state index >= 15 is 0 Å². The minimum Gasteiger partial charge on any atom is -0.314 e. The van der Waals surface area contributed by atoms with E-state index in [1.165, 1.54) is 0 Å². The number of hydrogen-bond acceptors (Lipinski definition) is 3. The maximum Gasteiger partial charge on any atom is 0.402 e. The van der Waals surface area contributed by atoms with Crippen LogP contribution in [0.4, 0.5) is 13.2 Å². The van der Waals surface area contributed by atoms with Gasteiger partial charge in [0.1, 0.15) is 6.54 Å². The Kier molecular flexibility index (Phi) is 5.60. The Morgan fingerprint density at radius 1 is 1.37 bits per heavy atom. The lowest BCUT2D eigenvalue weighted by molar-refractivity contribution is -0.121. The Balaban J connectivity index is 2.57. The summed E-state index contributed by atoms with van der Waals surface area (Å²) in [6.45, 7) is 3.56. The molecule has 114 valence electrons. The Hall–Kier alpha value is -0.380. The average Bonchev–Trinajstić information content (AvgIpc) is 2.29. The molecule has 2 unspecified atom stereocenters. The summed E-state index contributed by atoms with van der Waals surface area (Å²) in [5, 5.41) is 3.24. The van der Waals surface area contributed by atoms with Crippen LogP contribution in [0.15, 0.2) is 0 Å². The van der Waals surface area contributed by atoms with E-state index in [1.807, 2.05) is 13.8 Å². The Bertz CT molecular complexity index is 386. The molecule has 1 rings (SSSR count). The lowest BCUT2D eigenvalue weighted by atomic mass is 9.95. The minimum atomic E-state index is -4.54. The zero-order valence-electron chi connectivity index (χ0n) is 11.0. The van der Waals surface area contributed by atoms with Crippen LogP contribution in [-0.2, 0) is 10.2 Å². The van der Waals surface area contributed by atoms with Crippen molar-refractivity contribution in [3.8, 4) is 0 Å². The van der Waals surface area contributed by atoms with Crippen LogP contribution in [-0.4, -0.2) is 51.1 Å². The second-order valence-electron chi connectivity index (χ2n) is 4.73. The standard InChI is InChI=1S/C10H20F3N3O2S/c1-3-14-9-4-5-16(6-8(9)2)19(17,18)15-7-10(11,12)13/h8-9,14-15H,3-7H2,1-2H3. The van der Waals surface area contributed by atoms with Crippen molar-refractivity contribution < 1.29 is 21.6 Å². The molecule has 0 bridgehead atoms. The van der Waals surface area contributed by atoms with Crippen molar-refractivity contribution in [2.75, 3.05) is 26.2 Å². The summed E-state index contributed by atoms with van der Waals surface area (Å²) in [4.78, 5) is 0. The van der Waals surface area contributed by atoms with Gasteiger partial charge in [-0.15, -0.1) is 0 Å². The molecular weight excluding hydrogens is 283 g/mol. The van der Waals surface area contributed by atoms with E-state index in [9.17, 15) is 21.6 Å². The molecule has 5 nitrogen and oxygen atoms in total. The highest BCUT2D eigenvalue weighted by Crippen LogP contribution is 2.20. The smallest absolute Gasteiger partial charge is 0.314 e. The molecule has 9 heteroatoms. The van der Waals surface area contributed by atoms with Crippen LogP contribution in [0.2, 0.25) is 0 Å². The average molecular weight is 303 g/mol. The van der Waals surface area contributed by atoms with E-state index in [2.05, 4.69) is 5.32 Å². The number of alkyl halides is 3. The number of nitrogens with zero attached hydrogens (tertiary/aromatic N) is 1. The summed E-state index contributed by atoms with van der Waals surface area (Å²) in [5.74, 6) is 0.0659. The van der Waals surface area contributed by atoms with Gasteiger partial charge in [0.2, 0.25) is 0 Å². The van der Waals surface area contributed by atoms with E-state index < -0.39 is 22.9 Å². The molecule has 0 radical (unpaired) electrons. The number of nitrogens with one attached hydrogen (secondary N) is 2. The third-order valence-electron chi connectivity index (χ3n) is 3.13. The molecule has 0 aliphatic carbocycles. The van der Waals surface area contributed by atoms with Crippen LogP contribution in [0.1, 0.15) is 20.3 Å². The maximum absolute atomic E-state index is 12.0. The molecule has 2 atom stereocenters. The lowest BCUT2D eigenvalue weighted by Gasteiger charge is -2.36. The summed E-state index contributed by atoms with van der Waals surface area (Å²) >= 11 is 0. The lowest BCUT2D eigenvalue weighted by Crippen LogP contribution is -2.53. The van der Waals surface area contributed by atoms with Gasteiger partial charge in [-0.2, -0.15) is 30.6 Å². The summed E-state index contributed by atoms with van der Waals surface area (Å²) in [6, 6.07) is 0.207. The molecule has 2 N–H and O–H groups in total. The van der Waals surface area contributed by atoms with E-state index in [0.717, 1.165) is 10.8 Å². The van der Waals surface area contributed by atoms with Gasteiger partial charge in [0, 0.05) is 19.1 Å². The van der Waals surface area contributed by atoms with Crippen molar-refractivity contribution in [2.24, 2.45) is 5.92 Å². The van der Waals surface area contributed by atoms with Crippen LogP contribution in [0.3, 0.4) is 0 Å². The van der Waals surface area contributed by atoms with Crippen molar-refractivity contribution >= 4 is 10.2 Å². The predicted octanol–water partition coefficient (Wildman–Crippen LogP) is 0.703. The molecule has 19 heavy (non-hydrogen) atoms. The Labute approximate surface area is 111 Å². The van der Waals surface area contributed by atoms with Crippen LogP contribution in [0.5, 0.6) is 0 Å². The van der Waals surface area contributed by atoms with Gasteiger partial charge in [0.25, 0.3) is 10.2 Å². The number of halogens is 3. The van der Waals surface area contributed by atoms with Gasteiger partial charge in [-0.05, 0) is 18.9 Å². The van der Waals surface area contributed by atoms with Crippen molar-refractivity contribution in [3.05, 3.63) is 0 Å². The largest absolute Gasteiger partial charge is 0.402 e. The first-order chi connectivity index (χ1) is 8.65. The fourth-order valence-corrected chi connectivity index (χ4v) is 3.46. The number of hydrogen-bond donors (Lipinski definition) is 2. The van der Waals surface area contributed by atoms with Gasteiger partial charge < -0.3 is 5.32 Å². The number of piperidine rings is 1. The van der Waals surface area contributed by atoms with Gasteiger partial charge in [0.05, 0.1) is 0 Å². The van der Waals surface area contributed by atoms with E-state index in [0.29, 0.717) is 6.42 Å². The van der Waals surface area contributed by atoms with Gasteiger partial charge in [-0.3, -0.25) is 0 Å². The Morgan fingerprint density at radius 3 is 2.47 bits per heavy atom. The fourth-order valence-electron chi connectivity index (χ4n) is 2.16. The molecule has 0 spiro atoms. The normalized spacial score (nSPS) is 26.6. The highest BCUT2D eigenvalue weighted by atomic mass is 32.2. The van der Waals surface area contributed by atoms with E-state index in [1.54, 1.807) is 4.72 Å². The van der Waals surface area contributed by atoms with E-state index in [4.69, 9.17) is 0 Å². The molecule has 0 amide bonds. The zero-order chi connectivity index (χ0) is 14.7. The van der Waals surface area contributed by atoms with Crippen LogP contribution in [0.25, 0.3) is 0 Å². The predicted molar refractivity (Wildman–Crippen MR) is 65.8 cm³/mol. The van der Waals surface area contributed by atoms with Gasteiger partial charge in [-0.1, -0.05) is 13.8 Å². The fraction of sp³-hybridized carbons (Fsp3) is 1.00. The molecule has 1 saturated heterocycles. The second-order valence-corrected chi connectivity index (χ2v) is 6.48. The van der Waals surface area contributed by atoms with Crippen molar-refractivity contribution in [1.29, 1.82) is 0 Å². The summed E-state index contributed by atoms with van der Waals surface area (Å²) < 4.78 is 62.3. The minimum absolute atomic E-state index is 0.0659. The van der Waals surface area contributed by atoms with Crippen molar-refractivity contribution in [3.63, 3.8) is 0 Å². The van der Waals surface area contributed by atoms with Crippen molar-refractivity contribution in [1.82, 2.24) is 14.3 Å². The van der Waals surface area contributed by atoms with Crippen LogP contribution in [0, 0.1) is 5.92 Å². The summed E-state index contributed by atoms with van der Waals surface area (Å²) in [5.41, 5.74) is 0. The zero-order valence-corrected chi connectivity index (χ0v) is 11.8. The van der Waals surface area contributed by atoms with Gasteiger partial charge in [0.15, 0.2) is 0 Å². The Morgan fingerprint density at radius 2 is 2.00 bits per heavy atom. The number of rotatable bonds is 5. The monoisotopic (exact) mass is 303 g/mol. The van der Waals surface area contributed by atoms with E-state index in [-0.39, 0.29) is 25.0 Å². The first kappa shape index (κ1) is 16.7. The van der Waals surface area contributed by atoms with Crippen molar-refractivity contribution in [2.45, 2.75) is 32.5 Å². The summed E-state index contributed by atoms with van der Waals surface area (Å²) in [6.07, 6.45) is -3.94. The molecule has 0 aromatic heterocycles. The first-order valence-corrected chi connectivity index (χ1v) is 7.64. The second kappa shape index (κ2) is 6.38. The third-order valence-corrected chi connectivity index (χ3v) is 4.65. The van der Waals surface area contributed by atoms with Crippen LogP contribution >= 0.6 is 0 Å². The highest BCUT2D eigenvalue weighted by Gasteiger charge is 2.35.